The maximum atomic E-state index is 12.9. The minimum atomic E-state index is -0.0940. The van der Waals surface area contributed by atoms with Crippen molar-refractivity contribution in [3.05, 3.63) is 52.2 Å². The molecule has 0 bridgehead atoms. The van der Waals surface area contributed by atoms with Crippen LogP contribution in [0.4, 0.5) is 5.69 Å². The van der Waals surface area contributed by atoms with Crippen molar-refractivity contribution >= 4 is 46.2 Å². The SMILES string of the molecule is CCCCOc1ccc(/C=C2\SC(=Nc3cccnc3Cl)N(CC)C2=O)cc1OC. The predicted octanol–water partition coefficient (Wildman–Crippen LogP) is 5.55. The van der Waals surface area contributed by atoms with E-state index in [-0.39, 0.29) is 5.91 Å². The lowest BCUT2D eigenvalue weighted by Crippen LogP contribution is -2.28. The minimum absolute atomic E-state index is 0.0940. The number of ether oxygens (including phenoxy) is 2. The number of aliphatic imine (C=N–C) groups is 1. The Kier molecular flexibility index (Phi) is 7.76. The number of unbranched alkanes of at least 4 members (excludes halogenated alkanes) is 1. The quantitative estimate of drug-likeness (QED) is 0.303. The van der Waals surface area contributed by atoms with Crippen LogP contribution in [0.25, 0.3) is 6.08 Å². The Morgan fingerprint density at radius 3 is 2.80 bits per heavy atom. The lowest BCUT2D eigenvalue weighted by molar-refractivity contribution is -0.122. The number of hydrogen-bond donors (Lipinski definition) is 0. The number of carbonyl (C=O) groups excluding carboxylic acids is 1. The van der Waals surface area contributed by atoms with Crippen LogP contribution in [0, 0.1) is 0 Å². The molecule has 0 saturated carbocycles. The van der Waals surface area contributed by atoms with Crippen LogP contribution in [0.2, 0.25) is 5.15 Å². The van der Waals surface area contributed by atoms with E-state index in [1.165, 1.54) is 11.8 Å². The van der Waals surface area contributed by atoms with E-state index in [9.17, 15) is 4.79 Å². The highest BCUT2D eigenvalue weighted by molar-refractivity contribution is 8.18. The highest BCUT2D eigenvalue weighted by atomic mass is 35.5. The molecule has 6 nitrogen and oxygen atoms in total. The number of hydrogen-bond acceptors (Lipinski definition) is 6. The molecule has 1 aromatic heterocycles. The molecule has 1 aliphatic rings. The van der Waals surface area contributed by atoms with Gasteiger partial charge in [-0.25, -0.2) is 9.98 Å². The maximum absolute atomic E-state index is 12.9. The molecule has 1 fully saturated rings. The molecule has 1 saturated heterocycles. The fourth-order valence-corrected chi connectivity index (χ4v) is 4.02. The Bertz CT molecular complexity index is 978. The fraction of sp³-hybridized carbons (Fsp3) is 0.318. The van der Waals surface area contributed by atoms with Crippen molar-refractivity contribution in [1.29, 1.82) is 0 Å². The number of nitrogens with zero attached hydrogens (tertiary/aromatic N) is 3. The minimum Gasteiger partial charge on any atom is -0.493 e. The molecule has 8 heteroatoms. The smallest absolute Gasteiger partial charge is 0.266 e. The van der Waals surface area contributed by atoms with Crippen molar-refractivity contribution in [3.8, 4) is 11.5 Å². The molecule has 1 aromatic carbocycles. The average Bonchev–Trinajstić information content (AvgIpc) is 3.04. The van der Waals surface area contributed by atoms with Crippen LogP contribution in [0.1, 0.15) is 32.3 Å². The summed E-state index contributed by atoms with van der Waals surface area (Å²) in [5.41, 5.74) is 1.38. The monoisotopic (exact) mass is 445 g/mol. The van der Waals surface area contributed by atoms with Crippen LogP contribution < -0.4 is 9.47 Å². The number of thioether (sulfide) groups is 1. The van der Waals surface area contributed by atoms with Gasteiger partial charge in [-0.05, 0) is 61.0 Å². The number of halogens is 1. The van der Waals surface area contributed by atoms with Gasteiger partial charge in [-0.15, -0.1) is 0 Å². The third-order valence-corrected chi connectivity index (χ3v) is 5.70. The van der Waals surface area contributed by atoms with Crippen LogP contribution in [-0.2, 0) is 4.79 Å². The van der Waals surface area contributed by atoms with Crippen molar-refractivity contribution in [1.82, 2.24) is 9.88 Å². The largest absolute Gasteiger partial charge is 0.493 e. The predicted molar refractivity (Wildman–Crippen MR) is 123 cm³/mol. The summed E-state index contributed by atoms with van der Waals surface area (Å²) in [5, 5.41) is 0.880. The maximum Gasteiger partial charge on any atom is 0.266 e. The van der Waals surface area contributed by atoms with Crippen LogP contribution in [0.15, 0.2) is 46.4 Å². The Labute approximate surface area is 185 Å². The van der Waals surface area contributed by atoms with Gasteiger partial charge in [0.05, 0.1) is 18.6 Å². The molecule has 0 atom stereocenters. The average molecular weight is 446 g/mol. The van der Waals surface area contributed by atoms with Gasteiger partial charge in [0, 0.05) is 12.7 Å². The Balaban J connectivity index is 1.86. The van der Waals surface area contributed by atoms with Gasteiger partial charge in [-0.2, -0.15) is 0 Å². The lowest BCUT2D eigenvalue weighted by atomic mass is 10.2. The van der Waals surface area contributed by atoms with Crippen LogP contribution in [0.5, 0.6) is 11.5 Å². The summed E-state index contributed by atoms with van der Waals surface area (Å²) in [6.45, 7) is 5.18. The standard InChI is InChI=1S/C22H24ClN3O3S/c1-4-6-12-29-17-10-9-15(13-18(17)28-3)14-19-21(27)26(5-2)22(30-19)25-16-8-7-11-24-20(16)23/h7-11,13-14H,4-6,12H2,1-3H3/b19-14-,25-22?. The second-order valence-corrected chi connectivity index (χ2v) is 7.85. The summed E-state index contributed by atoms with van der Waals surface area (Å²) in [6.07, 6.45) is 5.48. The Hall–Kier alpha value is -2.51. The number of pyridine rings is 1. The van der Waals surface area contributed by atoms with E-state index in [2.05, 4.69) is 16.9 Å². The zero-order valence-corrected chi connectivity index (χ0v) is 18.8. The molecular weight excluding hydrogens is 422 g/mol. The van der Waals surface area contributed by atoms with Gasteiger partial charge in [0.1, 0.15) is 5.69 Å². The molecule has 1 amide bonds. The molecule has 158 valence electrons. The highest BCUT2D eigenvalue weighted by Crippen LogP contribution is 2.36. The van der Waals surface area contributed by atoms with E-state index in [0.29, 0.717) is 45.6 Å². The van der Waals surface area contributed by atoms with E-state index >= 15 is 0 Å². The summed E-state index contributed by atoms with van der Waals surface area (Å²) in [5.74, 6) is 1.24. The summed E-state index contributed by atoms with van der Waals surface area (Å²) >= 11 is 7.43. The first kappa shape index (κ1) is 22.2. The van der Waals surface area contributed by atoms with Gasteiger partial charge in [-0.3, -0.25) is 9.69 Å². The molecule has 2 aromatic rings. The first-order valence-corrected chi connectivity index (χ1v) is 11.0. The molecule has 0 unspecified atom stereocenters. The van der Waals surface area contributed by atoms with Gasteiger partial charge in [-0.1, -0.05) is 31.0 Å². The van der Waals surface area contributed by atoms with Crippen molar-refractivity contribution in [2.75, 3.05) is 20.3 Å². The van der Waals surface area contributed by atoms with Gasteiger partial charge >= 0.3 is 0 Å². The molecule has 0 radical (unpaired) electrons. The number of likely N-dealkylation sites (N-methyl/N-ethyl adjacent to an activating group) is 1. The lowest BCUT2D eigenvalue weighted by Gasteiger charge is -2.12. The zero-order valence-electron chi connectivity index (χ0n) is 17.2. The normalized spacial score (nSPS) is 16.5. The van der Waals surface area contributed by atoms with Gasteiger partial charge < -0.3 is 9.47 Å². The third kappa shape index (κ3) is 5.15. The number of rotatable bonds is 8. The van der Waals surface area contributed by atoms with Crippen LogP contribution in [0.3, 0.4) is 0 Å². The molecule has 0 spiro atoms. The zero-order chi connectivity index (χ0) is 21.5. The van der Waals surface area contributed by atoms with Crippen molar-refractivity contribution in [2.45, 2.75) is 26.7 Å². The third-order valence-electron chi connectivity index (χ3n) is 4.40. The molecular formula is C22H24ClN3O3S. The number of amides is 1. The second kappa shape index (κ2) is 10.5. The molecule has 3 rings (SSSR count). The summed E-state index contributed by atoms with van der Waals surface area (Å²) < 4.78 is 11.2. The number of amidine groups is 1. The van der Waals surface area contributed by atoms with E-state index in [1.807, 2.05) is 31.2 Å². The first-order chi connectivity index (χ1) is 14.6. The number of benzene rings is 1. The molecule has 0 aliphatic carbocycles. The van der Waals surface area contributed by atoms with Crippen LogP contribution in [-0.4, -0.2) is 41.2 Å². The Morgan fingerprint density at radius 1 is 1.27 bits per heavy atom. The van der Waals surface area contributed by atoms with Crippen LogP contribution >= 0.6 is 23.4 Å². The Morgan fingerprint density at radius 2 is 2.10 bits per heavy atom. The fourth-order valence-electron chi connectivity index (χ4n) is 2.81. The molecule has 2 heterocycles. The van der Waals surface area contributed by atoms with Crippen molar-refractivity contribution < 1.29 is 14.3 Å². The van der Waals surface area contributed by atoms with E-state index < -0.39 is 0 Å². The first-order valence-electron chi connectivity index (χ1n) is 9.78. The topological polar surface area (TPSA) is 64.0 Å². The molecule has 30 heavy (non-hydrogen) atoms. The summed E-state index contributed by atoms with van der Waals surface area (Å²) in [4.78, 5) is 23.7. The van der Waals surface area contributed by atoms with E-state index in [4.69, 9.17) is 21.1 Å². The summed E-state index contributed by atoms with van der Waals surface area (Å²) in [7, 11) is 1.61. The van der Waals surface area contributed by atoms with Crippen molar-refractivity contribution in [3.63, 3.8) is 0 Å². The molecule has 1 aliphatic heterocycles. The van der Waals surface area contributed by atoms with Gasteiger partial charge in [0.15, 0.2) is 21.8 Å². The highest BCUT2D eigenvalue weighted by Gasteiger charge is 2.32. The van der Waals surface area contributed by atoms with E-state index in [0.717, 1.165) is 18.4 Å². The summed E-state index contributed by atoms with van der Waals surface area (Å²) in [6, 6.07) is 9.17. The van der Waals surface area contributed by atoms with Gasteiger partial charge in [0.25, 0.3) is 5.91 Å². The second-order valence-electron chi connectivity index (χ2n) is 6.48. The number of carbonyl (C=O) groups is 1. The number of aromatic nitrogens is 1. The van der Waals surface area contributed by atoms with Crippen molar-refractivity contribution in [2.24, 2.45) is 4.99 Å². The van der Waals surface area contributed by atoms with E-state index in [1.54, 1.807) is 30.3 Å². The van der Waals surface area contributed by atoms with Gasteiger partial charge in [0.2, 0.25) is 0 Å². The molecule has 0 N–H and O–H groups in total. The number of methoxy groups -OCH3 is 1.